The number of hydrogen-bond acceptors (Lipinski definition) is 4. The molecule has 2 aromatic carbocycles. The molecule has 7 heteroatoms. The lowest BCUT2D eigenvalue weighted by molar-refractivity contribution is 0.423. The summed E-state index contributed by atoms with van der Waals surface area (Å²) < 4.78 is 30.0. The molecule has 0 radical (unpaired) electrons. The van der Waals surface area contributed by atoms with E-state index < -0.39 is 10.0 Å². The summed E-state index contributed by atoms with van der Waals surface area (Å²) in [6, 6.07) is 14.5. The zero-order valence-corrected chi connectivity index (χ0v) is 16.7. The molecule has 0 aliphatic heterocycles. The van der Waals surface area contributed by atoms with Crippen LogP contribution >= 0.6 is 11.3 Å². The van der Waals surface area contributed by atoms with Gasteiger partial charge in [0.15, 0.2) is 0 Å². The maximum absolute atomic E-state index is 13.1. The quantitative estimate of drug-likeness (QED) is 0.642. The largest absolute Gasteiger partial charge is 0.308 e. The van der Waals surface area contributed by atoms with Crippen LogP contribution in [0.1, 0.15) is 32.4 Å². The molecule has 0 fully saturated rings. The second-order valence-corrected chi connectivity index (χ2v) is 9.31. The summed E-state index contributed by atoms with van der Waals surface area (Å²) in [4.78, 5) is 12.3. The number of aromatic nitrogens is 1. The number of thiazole rings is 1. The fraction of sp³-hybridized carbons (Fsp3) is 0.316. The summed E-state index contributed by atoms with van der Waals surface area (Å²) in [7, 11) is -3.64. The van der Waals surface area contributed by atoms with Crippen LogP contribution in [0.3, 0.4) is 0 Å². The second kappa shape index (κ2) is 7.34. The smallest absolute Gasteiger partial charge is 0.296 e. The van der Waals surface area contributed by atoms with Crippen molar-refractivity contribution in [1.82, 2.24) is 8.87 Å². The van der Waals surface area contributed by atoms with E-state index in [0.717, 1.165) is 22.4 Å². The van der Waals surface area contributed by atoms with Gasteiger partial charge in [0.1, 0.15) is 0 Å². The summed E-state index contributed by atoms with van der Waals surface area (Å²) in [6.07, 6.45) is 0. The molecule has 3 rings (SSSR count). The molecule has 0 unspecified atom stereocenters. The molecule has 0 saturated carbocycles. The number of sulfonamides is 1. The van der Waals surface area contributed by atoms with E-state index in [4.69, 9.17) is 0 Å². The van der Waals surface area contributed by atoms with Gasteiger partial charge in [-0.25, -0.2) is 8.42 Å². The number of fused-ring (bicyclic) bond motifs is 1. The normalized spacial score (nSPS) is 12.3. The summed E-state index contributed by atoms with van der Waals surface area (Å²) >= 11 is 1.09. The molecule has 0 aliphatic carbocycles. The van der Waals surface area contributed by atoms with Crippen LogP contribution in [0.15, 0.2) is 58.2 Å². The first kappa shape index (κ1) is 18.8. The minimum Gasteiger partial charge on any atom is -0.296 e. The molecule has 0 spiro atoms. The fourth-order valence-electron chi connectivity index (χ4n) is 2.97. The molecular formula is C19H22N2O3S2. The fourth-order valence-corrected chi connectivity index (χ4v) is 5.56. The first-order valence-electron chi connectivity index (χ1n) is 8.53. The zero-order valence-electron chi connectivity index (χ0n) is 15.0. The Bertz CT molecular complexity index is 1070. The molecule has 138 valence electrons. The second-order valence-electron chi connectivity index (χ2n) is 6.38. The van der Waals surface area contributed by atoms with Gasteiger partial charge in [-0.15, -0.1) is 0 Å². The van der Waals surface area contributed by atoms with Crippen LogP contribution in [-0.2, 0) is 16.6 Å². The third-order valence-electron chi connectivity index (χ3n) is 4.29. The van der Waals surface area contributed by atoms with Crippen LogP contribution in [0, 0.1) is 0 Å². The standard InChI is InChI=1S/C19H22N2O3S2/c1-4-20(13-15-8-6-5-7-9-15)26(23,24)16-10-11-17-18(12-16)25-19(22)21(17)14(2)3/h5-12,14H,4,13H2,1-3H3. The van der Waals surface area contributed by atoms with Crippen LogP contribution in [0.25, 0.3) is 10.2 Å². The number of rotatable bonds is 6. The molecule has 0 N–H and O–H groups in total. The van der Waals surface area contributed by atoms with Gasteiger partial charge in [-0.1, -0.05) is 48.6 Å². The maximum Gasteiger partial charge on any atom is 0.308 e. The topological polar surface area (TPSA) is 59.4 Å². The zero-order chi connectivity index (χ0) is 18.9. The molecular weight excluding hydrogens is 368 g/mol. The van der Waals surface area contributed by atoms with Crippen molar-refractivity contribution in [3.8, 4) is 0 Å². The van der Waals surface area contributed by atoms with Crippen molar-refractivity contribution >= 4 is 31.6 Å². The molecule has 0 saturated heterocycles. The lowest BCUT2D eigenvalue weighted by Gasteiger charge is -2.20. The van der Waals surface area contributed by atoms with E-state index in [1.54, 1.807) is 22.8 Å². The van der Waals surface area contributed by atoms with E-state index in [1.807, 2.05) is 51.1 Å². The Morgan fingerprint density at radius 2 is 1.81 bits per heavy atom. The highest BCUT2D eigenvalue weighted by atomic mass is 32.2. The minimum absolute atomic E-state index is 0.0314. The van der Waals surface area contributed by atoms with Gasteiger partial charge in [0.2, 0.25) is 10.0 Å². The Morgan fingerprint density at radius 1 is 1.12 bits per heavy atom. The van der Waals surface area contributed by atoms with Crippen LogP contribution in [0.4, 0.5) is 0 Å². The Balaban J connectivity index is 2.01. The van der Waals surface area contributed by atoms with E-state index in [9.17, 15) is 13.2 Å². The Labute approximate surface area is 157 Å². The van der Waals surface area contributed by atoms with E-state index in [2.05, 4.69) is 0 Å². The van der Waals surface area contributed by atoms with Crippen molar-refractivity contribution in [2.75, 3.05) is 6.54 Å². The third-order valence-corrected chi connectivity index (χ3v) is 7.13. The summed E-state index contributed by atoms with van der Waals surface area (Å²) in [6.45, 7) is 6.40. The van der Waals surface area contributed by atoms with Crippen molar-refractivity contribution in [1.29, 1.82) is 0 Å². The van der Waals surface area contributed by atoms with Gasteiger partial charge < -0.3 is 0 Å². The Morgan fingerprint density at radius 3 is 2.42 bits per heavy atom. The molecule has 0 amide bonds. The molecule has 0 bridgehead atoms. The molecule has 0 aliphatic rings. The molecule has 3 aromatic rings. The number of hydrogen-bond donors (Lipinski definition) is 0. The summed E-state index contributed by atoms with van der Waals surface area (Å²) in [5.41, 5.74) is 1.72. The SMILES string of the molecule is CCN(Cc1ccccc1)S(=O)(=O)c1ccc2c(c1)sc(=O)n2C(C)C. The van der Waals surface area contributed by atoms with E-state index in [-0.39, 0.29) is 15.8 Å². The van der Waals surface area contributed by atoms with Gasteiger partial charge in [-0.2, -0.15) is 4.31 Å². The first-order valence-corrected chi connectivity index (χ1v) is 10.8. The van der Waals surface area contributed by atoms with Crippen molar-refractivity contribution in [3.63, 3.8) is 0 Å². The van der Waals surface area contributed by atoms with Gasteiger partial charge in [-0.05, 0) is 37.6 Å². The minimum atomic E-state index is -3.64. The Hall–Kier alpha value is -1.96. The van der Waals surface area contributed by atoms with Gasteiger partial charge >= 0.3 is 4.87 Å². The van der Waals surface area contributed by atoms with Crippen LogP contribution in [-0.4, -0.2) is 23.8 Å². The van der Waals surface area contributed by atoms with Crippen molar-refractivity contribution in [2.24, 2.45) is 0 Å². The average Bonchev–Trinajstić information content (AvgIpc) is 2.95. The van der Waals surface area contributed by atoms with Crippen molar-refractivity contribution in [2.45, 2.75) is 38.3 Å². The maximum atomic E-state index is 13.1. The predicted molar refractivity (Wildman–Crippen MR) is 106 cm³/mol. The van der Waals surface area contributed by atoms with Gasteiger partial charge in [0.25, 0.3) is 0 Å². The van der Waals surface area contributed by atoms with Crippen LogP contribution in [0.5, 0.6) is 0 Å². The van der Waals surface area contributed by atoms with Crippen LogP contribution < -0.4 is 4.87 Å². The highest BCUT2D eigenvalue weighted by Gasteiger charge is 2.24. The highest BCUT2D eigenvalue weighted by Crippen LogP contribution is 2.26. The van der Waals surface area contributed by atoms with E-state index in [1.165, 1.54) is 4.31 Å². The summed E-state index contributed by atoms with van der Waals surface area (Å²) in [5.74, 6) is 0. The summed E-state index contributed by atoms with van der Waals surface area (Å²) in [5, 5.41) is 0. The van der Waals surface area contributed by atoms with E-state index in [0.29, 0.717) is 17.8 Å². The average molecular weight is 391 g/mol. The van der Waals surface area contributed by atoms with Gasteiger partial charge in [0.05, 0.1) is 15.1 Å². The van der Waals surface area contributed by atoms with Gasteiger partial charge in [0, 0.05) is 19.1 Å². The van der Waals surface area contributed by atoms with E-state index >= 15 is 0 Å². The van der Waals surface area contributed by atoms with Crippen molar-refractivity contribution in [3.05, 3.63) is 63.8 Å². The molecule has 0 atom stereocenters. The molecule has 5 nitrogen and oxygen atoms in total. The lowest BCUT2D eigenvalue weighted by Crippen LogP contribution is -2.30. The monoisotopic (exact) mass is 390 g/mol. The predicted octanol–water partition coefficient (Wildman–Crippen LogP) is 3.85. The number of benzene rings is 2. The molecule has 1 aromatic heterocycles. The van der Waals surface area contributed by atoms with Gasteiger partial charge in [-0.3, -0.25) is 9.36 Å². The highest BCUT2D eigenvalue weighted by molar-refractivity contribution is 7.89. The van der Waals surface area contributed by atoms with Crippen molar-refractivity contribution < 1.29 is 8.42 Å². The molecule has 26 heavy (non-hydrogen) atoms. The third kappa shape index (κ3) is 3.47. The first-order chi connectivity index (χ1) is 12.3. The lowest BCUT2D eigenvalue weighted by atomic mass is 10.2. The molecule has 1 heterocycles. The Kier molecular flexibility index (Phi) is 5.32. The van der Waals surface area contributed by atoms with Crippen LogP contribution in [0.2, 0.25) is 0 Å². The number of nitrogens with zero attached hydrogens (tertiary/aromatic N) is 2.